The monoisotopic (exact) mass is 395 g/mol. The first-order chi connectivity index (χ1) is 14.0. The molecule has 1 aliphatic rings. The zero-order valence-corrected chi connectivity index (χ0v) is 16.9. The van der Waals surface area contributed by atoms with E-state index in [-0.39, 0.29) is 17.9 Å². The zero-order chi connectivity index (χ0) is 20.8. The predicted molar refractivity (Wildman–Crippen MR) is 110 cm³/mol. The van der Waals surface area contributed by atoms with Crippen LogP contribution < -0.4 is 9.47 Å². The summed E-state index contributed by atoms with van der Waals surface area (Å²) in [5.41, 5.74) is 2.21. The second-order valence-corrected chi connectivity index (χ2v) is 6.82. The third kappa shape index (κ3) is 5.16. The minimum atomic E-state index is -0.385. The summed E-state index contributed by atoms with van der Waals surface area (Å²) in [4.78, 5) is 26.2. The SMILES string of the molecule is COC(=O)c1ccc(/C=C/C(=O)N(Cc2cc(OC)ccc2OC)C2CC2)cc1. The Morgan fingerprint density at radius 2 is 1.76 bits per heavy atom. The molecule has 6 heteroatoms. The molecule has 3 rings (SSSR count). The van der Waals surface area contributed by atoms with Gasteiger partial charge >= 0.3 is 5.97 Å². The summed E-state index contributed by atoms with van der Waals surface area (Å²) in [6, 6.07) is 12.7. The predicted octanol–water partition coefficient (Wildman–Crippen LogP) is 3.69. The van der Waals surface area contributed by atoms with E-state index in [1.165, 1.54) is 7.11 Å². The quantitative estimate of drug-likeness (QED) is 0.504. The van der Waals surface area contributed by atoms with Crippen molar-refractivity contribution in [1.82, 2.24) is 4.90 Å². The smallest absolute Gasteiger partial charge is 0.337 e. The first kappa shape index (κ1) is 20.5. The molecule has 0 atom stereocenters. The molecule has 0 heterocycles. The molecule has 0 unspecified atom stereocenters. The van der Waals surface area contributed by atoms with Crippen LogP contribution in [0, 0.1) is 0 Å². The molecule has 1 fully saturated rings. The Kier molecular flexibility index (Phi) is 6.54. The number of methoxy groups -OCH3 is 3. The summed E-state index contributed by atoms with van der Waals surface area (Å²) in [6.07, 6.45) is 5.32. The number of carbonyl (C=O) groups excluding carboxylic acids is 2. The van der Waals surface area contributed by atoms with Gasteiger partial charge in [-0.2, -0.15) is 0 Å². The molecule has 0 aliphatic heterocycles. The van der Waals surface area contributed by atoms with E-state index in [2.05, 4.69) is 0 Å². The highest BCUT2D eigenvalue weighted by Gasteiger charge is 2.32. The van der Waals surface area contributed by atoms with Gasteiger partial charge in [0.15, 0.2) is 0 Å². The van der Waals surface area contributed by atoms with E-state index in [9.17, 15) is 9.59 Å². The van der Waals surface area contributed by atoms with Gasteiger partial charge in [0, 0.05) is 17.7 Å². The van der Waals surface area contributed by atoms with Gasteiger partial charge in [0.25, 0.3) is 0 Å². The molecule has 0 saturated heterocycles. The van der Waals surface area contributed by atoms with Crippen LogP contribution in [-0.4, -0.2) is 44.1 Å². The second-order valence-electron chi connectivity index (χ2n) is 6.82. The van der Waals surface area contributed by atoms with E-state index in [0.717, 1.165) is 35.5 Å². The van der Waals surface area contributed by atoms with Gasteiger partial charge in [-0.15, -0.1) is 0 Å². The van der Waals surface area contributed by atoms with Crippen molar-refractivity contribution in [1.29, 1.82) is 0 Å². The molecule has 0 radical (unpaired) electrons. The van der Waals surface area contributed by atoms with Gasteiger partial charge < -0.3 is 19.1 Å². The average molecular weight is 395 g/mol. The molecular formula is C23H25NO5. The summed E-state index contributed by atoms with van der Waals surface area (Å²) in [5, 5.41) is 0. The molecule has 1 amide bonds. The molecule has 2 aromatic carbocycles. The largest absolute Gasteiger partial charge is 0.497 e. The van der Waals surface area contributed by atoms with E-state index in [1.54, 1.807) is 50.6 Å². The van der Waals surface area contributed by atoms with Crippen LogP contribution in [0.5, 0.6) is 11.5 Å². The van der Waals surface area contributed by atoms with Gasteiger partial charge in [-0.3, -0.25) is 4.79 Å². The zero-order valence-electron chi connectivity index (χ0n) is 16.9. The standard InChI is InChI=1S/C23H25NO5/c1-27-20-11-12-21(28-2)18(14-20)15-24(19-9-10-19)22(25)13-6-16-4-7-17(8-5-16)23(26)29-3/h4-8,11-14,19H,9-10,15H2,1-3H3/b13-6+. The second kappa shape index (κ2) is 9.28. The molecule has 1 aliphatic carbocycles. The van der Waals surface area contributed by atoms with Crippen molar-refractivity contribution in [3.63, 3.8) is 0 Å². The molecule has 6 nitrogen and oxygen atoms in total. The molecule has 152 valence electrons. The first-order valence-electron chi connectivity index (χ1n) is 9.43. The number of benzene rings is 2. The number of ether oxygens (including phenoxy) is 3. The lowest BCUT2D eigenvalue weighted by atomic mass is 10.1. The van der Waals surface area contributed by atoms with Crippen LogP contribution in [0.2, 0.25) is 0 Å². The first-order valence-corrected chi connectivity index (χ1v) is 9.43. The van der Waals surface area contributed by atoms with Crippen LogP contribution in [-0.2, 0) is 16.1 Å². The molecule has 0 spiro atoms. The third-order valence-corrected chi connectivity index (χ3v) is 4.85. The van der Waals surface area contributed by atoms with Crippen molar-refractivity contribution in [3.05, 3.63) is 65.2 Å². The van der Waals surface area contributed by atoms with Crippen molar-refractivity contribution in [2.45, 2.75) is 25.4 Å². The van der Waals surface area contributed by atoms with Crippen molar-refractivity contribution < 1.29 is 23.8 Å². The number of amides is 1. The number of rotatable bonds is 8. The minimum Gasteiger partial charge on any atom is -0.497 e. The lowest BCUT2D eigenvalue weighted by molar-refractivity contribution is -0.127. The maximum atomic E-state index is 12.9. The van der Waals surface area contributed by atoms with E-state index in [1.807, 2.05) is 23.1 Å². The van der Waals surface area contributed by atoms with Crippen molar-refractivity contribution in [3.8, 4) is 11.5 Å². The summed E-state index contributed by atoms with van der Waals surface area (Å²) in [5.74, 6) is 1.01. The fourth-order valence-electron chi connectivity index (χ4n) is 3.07. The van der Waals surface area contributed by atoms with Crippen molar-refractivity contribution in [2.75, 3.05) is 21.3 Å². The van der Waals surface area contributed by atoms with Gasteiger partial charge in [-0.05, 0) is 54.8 Å². The molecular weight excluding hydrogens is 370 g/mol. The molecule has 29 heavy (non-hydrogen) atoms. The Hall–Kier alpha value is -3.28. The number of esters is 1. The Labute approximate surface area is 170 Å². The Balaban J connectivity index is 1.74. The van der Waals surface area contributed by atoms with Gasteiger partial charge in [0.05, 0.1) is 33.4 Å². The van der Waals surface area contributed by atoms with Gasteiger partial charge in [0.1, 0.15) is 11.5 Å². The maximum absolute atomic E-state index is 12.9. The average Bonchev–Trinajstić information content (AvgIpc) is 3.60. The summed E-state index contributed by atoms with van der Waals surface area (Å²) < 4.78 is 15.4. The van der Waals surface area contributed by atoms with Crippen LogP contribution in [0.25, 0.3) is 6.08 Å². The molecule has 0 bridgehead atoms. The lowest BCUT2D eigenvalue weighted by Gasteiger charge is -2.22. The van der Waals surface area contributed by atoms with Crippen LogP contribution in [0.15, 0.2) is 48.5 Å². The molecule has 2 aromatic rings. The van der Waals surface area contributed by atoms with Gasteiger partial charge in [0.2, 0.25) is 5.91 Å². The third-order valence-electron chi connectivity index (χ3n) is 4.85. The fourth-order valence-corrected chi connectivity index (χ4v) is 3.07. The van der Waals surface area contributed by atoms with Crippen LogP contribution in [0.3, 0.4) is 0 Å². The Morgan fingerprint density at radius 1 is 1.03 bits per heavy atom. The molecule has 0 N–H and O–H groups in total. The van der Waals surface area contributed by atoms with E-state index in [0.29, 0.717) is 12.1 Å². The summed E-state index contributed by atoms with van der Waals surface area (Å²) >= 11 is 0. The fraction of sp³-hybridized carbons (Fsp3) is 0.304. The highest BCUT2D eigenvalue weighted by Crippen LogP contribution is 2.32. The maximum Gasteiger partial charge on any atom is 0.337 e. The molecule has 0 aromatic heterocycles. The van der Waals surface area contributed by atoms with Gasteiger partial charge in [-0.1, -0.05) is 12.1 Å². The van der Waals surface area contributed by atoms with Crippen LogP contribution in [0.4, 0.5) is 0 Å². The number of hydrogen-bond donors (Lipinski definition) is 0. The number of carbonyl (C=O) groups is 2. The van der Waals surface area contributed by atoms with E-state index in [4.69, 9.17) is 14.2 Å². The van der Waals surface area contributed by atoms with Crippen molar-refractivity contribution >= 4 is 18.0 Å². The summed E-state index contributed by atoms with van der Waals surface area (Å²) in [6.45, 7) is 0.454. The van der Waals surface area contributed by atoms with Crippen molar-refractivity contribution in [2.24, 2.45) is 0 Å². The topological polar surface area (TPSA) is 65.1 Å². The number of nitrogens with zero attached hydrogens (tertiary/aromatic N) is 1. The normalized spacial score (nSPS) is 13.2. The number of hydrogen-bond acceptors (Lipinski definition) is 5. The summed E-state index contributed by atoms with van der Waals surface area (Å²) in [7, 11) is 4.58. The Bertz CT molecular complexity index is 900. The van der Waals surface area contributed by atoms with Gasteiger partial charge in [-0.25, -0.2) is 4.79 Å². The highest BCUT2D eigenvalue weighted by molar-refractivity contribution is 5.93. The van der Waals surface area contributed by atoms with Crippen LogP contribution >= 0.6 is 0 Å². The van der Waals surface area contributed by atoms with E-state index < -0.39 is 0 Å². The lowest BCUT2D eigenvalue weighted by Crippen LogP contribution is -2.31. The van der Waals surface area contributed by atoms with Crippen LogP contribution in [0.1, 0.15) is 34.3 Å². The Morgan fingerprint density at radius 3 is 2.34 bits per heavy atom. The minimum absolute atomic E-state index is 0.0607. The molecule has 1 saturated carbocycles. The van der Waals surface area contributed by atoms with E-state index >= 15 is 0 Å². The highest BCUT2D eigenvalue weighted by atomic mass is 16.5.